The zero-order chi connectivity index (χ0) is 16.6. The zero-order valence-corrected chi connectivity index (χ0v) is 14.9. The number of rotatable bonds is 6. The minimum absolute atomic E-state index is 0.840. The van der Waals surface area contributed by atoms with Crippen LogP contribution >= 0.6 is 0 Å². The Morgan fingerprint density at radius 1 is 0.958 bits per heavy atom. The molecule has 0 bridgehead atoms. The van der Waals surface area contributed by atoms with E-state index in [1.165, 1.54) is 43.6 Å². The van der Waals surface area contributed by atoms with Gasteiger partial charge in [0.15, 0.2) is 0 Å². The van der Waals surface area contributed by atoms with E-state index in [0.29, 0.717) is 0 Å². The van der Waals surface area contributed by atoms with Crippen LogP contribution < -0.4 is 4.90 Å². The molecule has 2 heteroatoms. The molecule has 0 spiro atoms. The van der Waals surface area contributed by atoms with E-state index >= 15 is 0 Å². The third-order valence-corrected chi connectivity index (χ3v) is 5.01. The summed E-state index contributed by atoms with van der Waals surface area (Å²) in [7, 11) is 0. The minimum Gasteiger partial charge on any atom is -0.366 e. The molecule has 2 aromatic rings. The van der Waals surface area contributed by atoms with Crippen molar-refractivity contribution in [2.24, 2.45) is 5.92 Å². The molecule has 1 unspecified atom stereocenters. The van der Waals surface area contributed by atoms with Crippen LogP contribution in [0.5, 0.6) is 0 Å². The fourth-order valence-electron chi connectivity index (χ4n) is 3.66. The summed E-state index contributed by atoms with van der Waals surface area (Å²) in [5.41, 5.74) is 2.70. The number of anilines is 1. The Morgan fingerprint density at radius 2 is 1.67 bits per heavy atom. The van der Waals surface area contributed by atoms with E-state index in [2.05, 4.69) is 77.4 Å². The molecule has 1 fully saturated rings. The van der Waals surface area contributed by atoms with E-state index in [0.717, 1.165) is 25.6 Å². The second-order valence-electron chi connectivity index (χ2n) is 7.14. The van der Waals surface area contributed by atoms with Gasteiger partial charge in [0, 0.05) is 31.9 Å². The Morgan fingerprint density at radius 3 is 2.42 bits per heavy atom. The SMILES string of the molecule is CC1CCCCN(CCN(Cc2ccccc2)c2ccccc2)C1. The molecule has 2 nitrogen and oxygen atoms in total. The lowest BCUT2D eigenvalue weighted by molar-refractivity contribution is 0.261. The summed E-state index contributed by atoms with van der Waals surface area (Å²) in [5.74, 6) is 0.840. The molecule has 1 saturated heterocycles. The first-order chi connectivity index (χ1) is 11.8. The zero-order valence-electron chi connectivity index (χ0n) is 14.9. The van der Waals surface area contributed by atoms with Gasteiger partial charge in [-0.25, -0.2) is 0 Å². The lowest BCUT2D eigenvalue weighted by atomic mass is 10.1. The molecule has 1 aliphatic heterocycles. The van der Waals surface area contributed by atoms with Crippen LogP contribution in [0.25, 0.3) is 0 Å². The topological polar surface area (TPSA) is 6.48 Å². The molecule has 0 amide bonds. The highest BCUT2D eigenvalue weighted by atomic mass is 15.2. The van der Waals surface area contributed by atoms with Gasteiger partial charge in [0.25, 0.3) is 0 Å². The maximum atomic E-state index is 2.67. The standard InChI is InChI=1S/C22H30N2/c1-20-10-8-9-15-23(18-20)16-17-24(22-13-6-3-7-14-22)19-21-11-4-2-5-12-21/h2-7,11-14,20H,8-10,15-19H2,1H3. The second-order valence-corrected chi connectivity index (χ2v) is 7.14. The van der Waals surface area contributed by atoms with Gasteiger partial charge in [0.05, 0.1) is 0 Å². The van der Waals surface area contributed by atoms with E-state index in [1.54, 1.807) is 0 Å². The molecule has 1 aliphatic rings. The molecular weight excluding hydrogens is 292 g/mol. The first-order valence-electron chi connectivity index (χ1n) is 9.37. The van der Waals surface area contributed by atoms with Crippen LogP contribution in [-0.4, -0.2) is 31.1 Å². The molecule has 3 rings (SSSR count). The third-order valence-electron chi connectivity index (χ3n) is 5.01. The molecule has 24 heavy (non-hydrogen) atoms. The van der Waals surface area contributed by atoms with Gasteiger partial charge >= 0.3 is 0 Å². The highest BCUT2D eigenvalue weighted by molar-refractivity contribution is 5.46. The van der Waals surface area contributed by atoms with E-state index in [-0.39, 0.29) is 0 Å². The Kier molecular flexibility index (Phi) is 6.31. The third kappa shape index (κ3) is 5.10. The van der Waals surface area contributed by atoms with Gasteiger partial charge < -0.3 is 9.80 Å². The van der Waals surface area contributed by atoms with Crippen LogP contribution in [0.1, 0.15) is 31.7 Å². The Hall–Kier alpha value is -1.80. The van der Waals surface area contributed by atoms with Gasteiger partial charge in [-0.1, -0.05) is 61.9 Å². The van der Waals surface area contributed by atoms with Gasteiger partial charge in [-0.05, 0) is 43.0 Å². The normalized spacial score (nSPS) is 19.0. The first kappa shape index (κ1) is 17.0. The van der Waals surface area contributed by atoms with Crippen molar-refractivity contribution in [2.75, 3.05) is 31.1 Å². The van der Waals surface area contributed by atoms with Crippen molar-refractivity contribution in [3.05, 3.63) is 66.2 Å². The van der Waals surface area contributed by atoms with Crippen molar-refractivity contribution in [3.63, 3.8) is 0 Å². The van der Waals surface area contributed by atoms with E-state index in [9.17, 15) is 0 Å². The van der Waals surface area contributed by atoms with E-state index < -0.39 is 0 Å². The minimum atomic E-state index is 0.840. The number of nitrogens with zero attached hydrogens (tertiary/aromatic N) is 2. The quantitative estimate of drug-likeness (QED) is 0.752. The molecule has 0 aromatic heterocycles. The first-order valence-corrected chi connectivity index (χ1v) is 9.37. The van der Waals surface area contributed by atoms with E-state index in [1.807, 2.05) is 0 Å². The lowest BCUT2D eigenvalue weighted by Gasteiger charge is -2.29. The summed E-state index contributed by atoms with van der Waals surface area (Å²) < 4.78 is 0. The largest absolute Gasteiger partial charge is 0.366 e. The van der Waals surface area contributed by atoms with Crippen LogP contribution in [0, 0.1) is 5.92 Å². The van der Waals surface area contributed by atoms with Crippen molar-refractivity contribution >= 4 is 5.69 Å². The predicted molar refractivity (Wildman–Crippen MR) is 103 cm³/mol. The highest BCUT2D eigenvalue weighted by Gasteiger charge is 2.16. The molecule has 0 saturated carbocycles. The second kappa shape index (κ2) is 8.89. The van der Waals surface area contributed by atoms with Crippen molar-refractivity contribution in [1.29, 1.82) is 0 Å². The summed E-state index contributed by atoms with van der Waals surface area (Å²) in [5, 5.41) is 0. The monoisotopic (exact) mass is 322 g/mol. The molecule has 0 aliphatic carbocycles. The summed E-state index contributed by atoms with van der Waals surface area (Å²) in [6.45, 7) is 8.15. The number of para-hydroxylation sites is 1. The maximum Gasteiger partial charge on any atom is 0.0430 e. The Balaban J connectivity index is 1.65. The van der Waals surface area contributed by atoms with Gasteiger partial charge in [0.2, 0.25) is 0 Å². The van der Waals surface area contributed by atoms with Crippen molar-refractivity contribution in [1.82, 2.24) is 4.90 Å². The van der Waals surface area contributed by atoms with Crippen LogP contribution in [0.2, 0.25) is 0 Å². The van der Waals surface area contributed by atoms with Crippen molar-refractivity contribution in [2.45, 2.75) is 32.7 Å². The van der Waals surface area contributed by atoms with Crippen molar-refractivity contribution in [3.8, 4) is 0 Å². The average molecular weight is 322 g/mol. The summed E-state index contributed by atoms with van der Waals surface area (Å²) in [4.78, 5) is 5.18. The predicted octanol–water partition coefficient (Wildman–Crippen LogP) is 4.82. The summed E-state index contributed by atoms with van der Waals surface area (Å²) in [6.07, 6.45) is 4.14. The molecular formula is C22H30N2. The lowest BCUT2D eigenvalue weighted by Crippen LogP contribution is -2.36. The van der Waals surface area contributed by atoms with Gasteiger partial charge in [-0.3, -0.25) is 0 Å². The highest BCUT2D eigenvalue weighted by Crippen LogP contribution is 2.19. The van der Waals surface area contributed by atoms with Gasteiger partial charge in [0.1, 0.15) is 0 Å². The molecule has 2 aromatic carbocycles. The van der Waals surface area contributed by atoms with Crippen molar-refractivity contribution < 1.29 is 0 Å². The molecule has 1 atom stereocenters. The Bertz CT molecular complexity index is 581. The molecule has 128 valence electrons. The molecule has 0 radical (unpaired) electrons. The summed E-state index contributed by atoms with van der Waals surface area (Å²) >= 11 is 0. The van der Waals surface area contributed by atoms with Crippen LogP contribution in [-0.2, 0) is 6.54 Å². The molecule has 1 heterocycles. The number of benzene rings is 2. The van der Waals surface area contributed by atoms with E-state index in [4.69, 9.17) is 0 Å². The Labute approximate surface area is 147 Å². The number of hydrogen-bond donors (Lipinski definition) is 0. The number of likely N-dealkylation sites (tertiary alicyclic amines) is 1. The summed E-state index contributed by atoms with van der Waals surface area (Å²) in [6, 6.07) is 21.7. The molecule has 0 N–H and O–H groups in total. The smallest absolute Gasteiger partial charge is 0.0430 e. The fourth-order valence-corrected chi connectivity index (χ4v) is 3.66. The maximum absolute atomic E-state index is 2.67. The van der Waals surface area contributed by atoms with Gasteiger partial charge in [-0.15, -0.1) is 0 Å². The van der Waals surface area contributed by atoms with Gasteiger partial charge in [-0.2, -0.15) is 0 Å². The van der Waals surface area contributed by atoms with Crippen LogP contribution in [0.3, 0.4) is 0 Å². The average Bonchev–Trinajstić information content (AvgIpc) is 2.84. The number of hydrogen-bond acceptors (Lipinski definition) is 2. The van der Waals surface area contributed by atoms with Crippen LogP contribution in [0.15, 0.2) is 60.7 Å². The fraction of sp³-hybridized carbons (Fsp3) is 0.455. The van der Waals surface area contributed by atoms with Crippen LogP contribution in [0.4, 0.5) is 5.69 Å².